The predicted molar refractivity (Wildman–Crippen MR) is 48.9 cm³/mol. The highest BCUT2D eigenvalue weighted by molar-refractivity contribution is 7.80. The molecule has 1 heterocycles. The van der Waals surface area contributed by atoms with Crippen LogP contribution in [-0.4, -0.2) is 46.9 Å². The lowest BCUT2D eigenvalue weighted by atomic mass is 10.2. The molecule has 2 N–H and O–H groups in total. The van der Waals surface area contributed by atoms with Gasteiger partial charge in [-0.3, -0.25) is 9.69 Å². The smallest absolute Gasteiger partial charge is 0.251 e. The van der Waals surface area contributed by atoms with Crippen molar-refractivity contribution in [3.05, 3.63) is 0 Å². The Morgan fingerprint density at radius 3 is 2.92 bits per heavy atom. The zero-order valence-corrected chi connectivity index (χ0v) is 7.81. The van der Waals surface area contributed by atoms with Crippen molar-refractivity contribution in [1.29, 1.82) is 0 Å². The first-order valence-electron chi connectivity index (χ1n) is 3.99. The average molecular weight is 206 g/mol. The highest BCUT2D eigenvalue weighted by Crippen LogP contribution is 2.08. The Morgan fingerprint density at radius 2 is 2.38 bits per heavy atom. The Morgan fingerprint density at radius 1 is 1.69 bits per heavy atom. The molecule has 13 heavy (non-hydrogen) atoms. The third-order valence-corrected chi connectivity index (χ3v) is 2.17. The molecule has 0 aromatic rings. The van der Waals surface area contributed by atoms with E-state index in [1.54, 1.807) is 0 Å². The van der Waals surface area contributed by atoms with Crippen molar-refractivity contribution in [3.63, 3.8) is 0 Å². The van der Waals surface area contributed by atoms with E-state index in [1.165, 1.54) is 4.90 Å². The first-order valence-corrected chi connectivity index (χ1v) is 4.40. The van der Waals surface area contributed by atoms with Crippen LogP contribution in [0, 0.1) is 0 Å². The minimum atomic E-state index is -0.612. The average Bonchev–Trinajstić information content (AvgIpc) is 2.34. The topological polar surface area (TPSA) is 52.6 Å². The van der Waals surface area contributed by atoms with E-state index in [0.29, 0.717) is 6.42 Å². The largest absolute Gasteiger partial charge is 0.396 e. The van der Waals surface area contributed by atoms with Gasteiger partial charge < -0.3 is 10.4 Å². The number of aliphatic hydroxyl groups is 1. The number of carbonyl (C=O) groups is 1. The molecule has 1 amide bonds. The van der Waals surface area contributed by atoms with Crippen molar-refractivity contribution in [2.45, 2.75) is 12.5 Å². The molecular weight excluding hydrogens is 195 g/mol. The van der Waals surface area contributed by atoms with E-state index in [0.717, 1.165) is 0 Å². The van der Waals surface area contributed by atoms with Crippen LogP contribution in [0.3, 0.4) is 0 Å². The van der Waals surface area contributed by atoms with Crippen LogP contribution in [0.1, 0.15) is 6.42 Å². The summed E-state index contributed by atoms with van der Waals surface area (Å²) < 4.78 is 12.0. The van der Waals surface area contributed by atoms with Gasteiger partial charge in [0.15, 0.2) is 5.11 Å². The van der Waals surface area contributed by atoms with Gasteiger partial charge in [-0.1, -0.05) is 0 Å². The molecule has 0 spiro atoms. The second-order valence-corrected chi connectivity index (χ2v) is 3.08. The third-order valence-electron chi connectivity index (χ3n) is 1.83. The monoisotopic (exact) mass is 206 g/mol. The highest BCUT2D eigenvalue weighted by Gasteiger charge is 2.34. The van der Waals surface area contributed by atoms with Gasteiger partial charge in [0.1, 0.15) is 12.7 Å². The number of hydrogen-bond donors (Lipinski definition) is 2. The van der Waals surface area contributed by atoms with Gasteiger partial charge in [-0.2, -0.15) is 0 Å². The molecule has 1 atom stereocenters. The van der Waals surface area contributed by atoms with E-state index in [4.69, 9.17) is 17.3 Å². The standard InChI is InChI=1S/C7H11FN2O2S/c8-2-3-10-6(12)5(1-4-11)9-7(10)13/h5,11H,1-4H2,(H,9,13). The van der Waals surface area contributed by atoms with Gasteiger partial charge >= 0.3 is 0 Å². The summed E-state index contributed by atoms with van der Waals surface area (Å²) in [6, 6.07) is -0.482. The molecule has 0 aliphatic carbocycles. The fourth-order valence-electron chi connectivity index (χ4n) is 1.20. The molecule has 1 unspecified atom stereocenters. The number of alkyl halides is 1. The molecule has 1 fully saturated rings. The number of rotatable bonds is 4. The molecule has 0 saturated carbocycles. The van der Waals surface area contributed by atoms with Crippen LogP contribution in [0.2, 0.25) is 0 Å². The van der Waals surface area contributed by atoms with Crippen LogP contribution in [0.25, 0.3) is 0 Å². The van der Waals surface area contributed by atoms with Gasteiger partial charge in [-0.05, 0) is 18.6 Å². The molecule has 0 aromatic carbocycles. The number of aliphatic hydroxyl groups excluding tert-OH is 1. The summed E-state index contributed by atoms with van der Waals surface area (Å²) in [6.07, 6.45) is 0.307. The number of hydrogen-bond acceptors (Lipinski definition) is 3. The molecule has 1 aliphatic rings. The lowest BCUT2D eigenvalue weighted by Crippen LogP contribution is -2.33. The van der Waals surface area contributed by atoms with Crippen LogP contribution in [0.5, 0.6) is 0 Å². The first kappa shape index (κ1) is 10.3. The number of carbonyl (C=O) groups excluding carboxylic acids is 1. The maximum absolute atomic E-state index is 12.0. The predicted octanol–water partition coefficient (Wildman–Crippen LogP) is -0.576. The zero-order chi connectivity index (χ0) is 9.84. The minimum Gasteiger partial charge on any atom is -0.396 e. The van der Waals surface area contributed by atoms with Crippen LogP contribution >= 0.6 is 12.2 Å². The van der Waals surface area contributed by atoms with E-state index < -0.39 is 12.7 Å². The Hall–Kier alpha value is -0.750. The Kier molecular flexibility index (Phi) is 3.56. The number of halogens is 1. The van der Waals surface area contributed by atoms with Crippen molar-refractivity contribution in [2.75, 3.05) is 19.8 Å². The third kappa shape index (κ3) is 2.13. The molecular formula is C7H11FN2O2S. The van der Waals surface area contributed by atoms with Crippen molar-refractivity contribution in [2.24, 2.45) is 0 Å². The summed E-state index contributed by atoms with van der Waals surface area (Å²) in [5, 5.41) is 11.6. The lowest BCUT2D eigenvalue weighted by Gasteiger charge is -2.11. The Bertz CT molecular complexity index is 225. The Balaban J connectivity index is 2.58. The summed E-state index contributed by atoms with van der Waals surface area (Å²) in [4.78, 5) is 12.6. The molecule has 4 nitrogen and oxygen atoms in total. The first-order chi connectivity index (χ1) is 6.20. The summed E-state index contributed by atoms with van der Waals surface area (Å²) >= 11 is 4.82. The van der Waals surface area contributed by atoms with E-state index in [-0.39, 0.29) is 24.2 Å². The van der Waals surface area contributed by atoms with E-state index >= 15 is 0 Å². The van der Waals surface area contributed by atoms with Crippen LogP contribution in [0.15, 0.2) is 0 Å². The van der Waals surface area contributed by atoms with Gasteiger partial charge in [0.2, 0.25) is 0 Å². The van der Waals surface area contributed by atoms with E-state index in [1.807, 2.05) is 0 Å². The number of nitrogens with one attached hydrogen (secondary N) is 1. The van der Waals surface area contributed by atoms with Crippen LogP contribution in [-0.2, 0) is 4.79 Å². The zero-order valence-electron chi connectivity index (χ0n) is 6.99. The molecule has 0 bridgehead atoms. The number of amides is 1. The molecule has 1 rings (SSSR count). The van der Waals surface area contributed by atoms with Gasteiger partial charge in [0.05, 0.1) is 6.54 Å². The minimum absolute atomic E-state index is 0.00735. The molecule has 1 saturated heterocycles. The quantitative estimate of drug-likeness (QED) is 0.604. The summed E-state index contributed by atoms with van der Waals surface area (Å²) in [7, 11) is 0. The summed E-state index contributed by atoms with van der Waals surface area (Å²) in [5.41, 5.74) is 0. The van der Waals surface area contributed by atoms with Crippen LogP contribution in [0.4, 0.5) is 4.39 Å². The van der Waals surface area contributed by atoms with Gasteiger partial charge in [0, 0.05) is 6.61 Å². The maximum Gasteiger partial charge on any atom is 0.251 e. The fourth-order valence-corrected chi connectivity index (χ4v) is 1.52. The molecule has 74 valence electrons. The van der Waals surface area contributed by atoms with Crippen molar-refractivity contribution < 1.29 is 14.3 Å². The highest BCUT2D eigenvalue weighted by atomic mass is 32.1. The molecule has 6 heteroatoms. The SMILES string of the molecule is O=C1C(CCO)NC(=S)N1CCF. The number of thiocarbonyl (C=S) groups is 1. The normalized spacial score (nSPS) is 22.3. The summed E-state index contributed by atoms with van der Waals surface area (Å²) in [5.74, 6) is -0.253. The molecule has 1 aliphatic heterocycles. The van der Waals surface area contributed by atoms with Crippen molar-refractivity contribution in [1.82, 2.24) is 10.2 Å². The molecule has 0 radical (unpaired) electrons. The maximum atomic E-state index is 12.0. The van der Waals surface area contributed by atoms with Crippen molar-refractivity contribution in [3.8, 4) is 0 Å². The summed E-state index contributed by atoms with van der Waals surface area (Å²) in [6.45, 7) is -0.707. The fraction of sp³-hybridized carbons (Fsp3) is 0.714. The van der Waals surface area contributed by atoms with E-state index in [9.17, 15) is 9.18 Å². The van der Waals surface area contributed by atoms with Crippen LogP contribution < -0.4 is 5.32 Å². The van der Waals surface area contributed by atoms with Gasteiger partial charge in [0.25, 0.3) is 5.91 Å². The molecule has 0 aromatic heterocycles. The van der Waals surface area contributed by atoms with Crippen molar-refractivity contribution >= 4 is 23.2 Å². The second-order valence-electron chi connectivity index (χ2n) is 2.69. The lowest BCUT2D eigenvalue weighted by molar-refractivity contribution is -0.127. The number of nitrogens with zero attached hydrogens (tertiary/aromatic N) is 1. The second kappa shape index (κ2) is 4.48. The Labute approximate surface area is 80.7 Å². The van der Waals surface area contributed by atoms with Gasteiger partial charge in [-0.15, -0.1) is 0 Å². The van der Waals surface area contributed by atoms with E-state index in [2.05, 4.69) is 5.32 Å². The van der Waals surface area contributed by atoms with Gasteiger partial charge in [-0.25, -0.2) is 4.39 Å².